The fourth-order valence-corrected chi connectivity index (χ4v) is 7.84. The minimum Gasteiger partial charge on any atom is -0.494 e. The Morgan fingerprint density at radius 1 is 1.02 bits per heavy atom. The molecule has 0 amide bonds. The molecule has 0 unspecified atom stereocenters. The molecule has 4 aromatic rings. The van der Waals surface area contributed by atoms with E-state index in [0.717, 1.165) is 44.0 Å². The third-order valence-corrected chi connectivity index (χ3v) is 9.99. The highest BCUT2D eigenvalue weighted by Gasteiger charge is 2.39. The molecule has 2 atom stereocenters. The summed E-state index contributed by atoms with van der Waals surface area (Å²) in [6.07, 6.45) is 5.64. The van der Waals surface area contributed by atoms with Crippen LogP contribution in [0.3, 0.4) is 0 Å². The first-order valence-electron chi connectivity index (χ1n) is 14.1. The number of hydrogen-bond acceptors (Lipinski definition) is 10. The number of anilines is 5. The van der Waals surface area contributed by atoms with E-state index in [0.29, 0.717) is 50.6 Å². The number of ether oxygens (including phenoxy) is 1. The summed E-state index contributed by atoms with van der Waals surface area (Å²) in [4.78, 5) is 22.9. The molecule has 2 saturated heterocycles. The largest absolute Gasteiger partial charge is 0.494 e. The average Bonchev–Trinajstić information content (AvgIpc) is 3.51. The molecule has 4 heterocycles. The second kappa shape index (κ2) is 11.3. The van der Waals surface area contributed by atoms with Crippen molar-refractivity contribution in [1.82, 2.24) is 24.8 Å². The van der Waals surface area contributed by atoms with Crippen molar-refractivity contribution in [2.75, 3.05) is 69.2 Å². The average molecular weight is 607 g/mol. The molecule has 2 aromatic heterocycles. The van der Waals surface area contributed by atoms with Gasteiger partial charge in [-0.2, -0.15) is 4.98 Å². The molecule has 0 radical (unpaired) electrons. The Bertz CT molecular complexity index is 1680. The second-order valence-corrected chi connectivity index (χ2v) is 15.1. The van der Waals surface area contributed by atoms with Gasteiger partial charge in [0.15, 0.2) is 5.82 Å². The highest BCUT2D eigenvalue weighted by atomic mass is 35.5. The molecule has 2 fully saturated rings. The van der Waals surface area contributed by atoms with Crippen molar-refractivity contribution in [1.29, 1.82) is 0 Å². The number of aromatic nitrogens is 4. The van der Waals surface area contributed by atoms with Crippen LogP contribution in [0.4, 0.5) is 28.8 Å². The molecule has 2 aliphatic rings. The first kappa shape index (κ1) is 28.6. The van der Waals surface area contributed by atoms with Crippen LogP contribution < -0.4 is 25.6 Å². The summed E-state index contributed by atoms with van der Waals surface area (Å²) in [7, 11) is 1.14. The number of nitrogens with one attached hydrogen (secondary N) is 2. The molecule has 12 heteroatoms. The van der Waals surface area contributed by atoms with E-state index in [-0.39, 0.29) is 0 Å². The summed E-state index contributed by atoms with van der Waals surface area (Å²) in [6, 6.07) is 7.92. The van der Waals surface area contributed by atoms with Gasteiger partial charge in [-0.15, -0.1) is 0 Å². The fourth-order valence-electron chi connectivity index (χ4n) is 6.31. The Morgan fingerprint density at radius 3 is 2.45 bits per heavy atom. The summed E-state index contributed by atoms with van der Waals surface area (Å²) < 4.78 is 19.2. The highest BCUT2D eigenvalue weighted by molar-refractivity contribution is 7.71. The van der Waals surface area contributed by atoms with Gasteiger partial charge in [0.25, 0.3) is 0 Å². The van der Waals surface area contributed by atoms with Crippen LogP contribution in [0.2, 0.25) is 5.02 Å². The molecule has 2 aliphatic heterocycles. The van der Waals surface area contributed by atoms with E-state index >= 15 is 0 Å². The molecular formula is C30H36ClN8O2P. The highest BCUT2D eigenvalue weighted by Crippen LogP contribution is 2.42. The van der Waals surface area contributed by atoms with Crippen LogP contribution in [0.15, 0.2) is 42.9 Å². The van der Waals surface area contributed by atoms with Crippen LogP contribution in [-0.4, -0.2) is 78.5 Å². The van der Waals surface area contributed by atoms with Gasteiger partial charge in [0.1, 0.15) is 23.4 Å². The quantitative estimate of drug-likeness (QED) is 0.254. The number of likely N-dealkylation sites (tertiary alicyclic amines) is 1. The topological polar surface area (TPSA) is 108 Å². The minimum atomic E-state index is -2.75. The molecule has 0 aliphatic carbocycles. The van der Waals surface area contributed by atoms with E-state index in [1.165, 1.54) is 11.3 Å². The second-order valence-electron chi connectivity index (χ2n) is 11.6. The number of rotatable bonds is 8. The molecule has 220 valence electrons. The lowest BCUT2D eigenvalue weighted by Crippen LogP contribution is -2.27. The van der Waals surface area contributed by atoms with Gasteiger partial charge in [-0.05, 0) is 62.4 Å². The number of methoxy groups -OCH3 is 1. The van der Waals surface area contributed by atoms with Crippen LogP contribution in [0.5, 0.6) is 5.75 Å². The summed E-state index contributed by atoms with van der Waals surface area (Å²) in [5, 5.41) is 7.55. The van der Waals surface area contributed by atoms with Crippen molar-refractivity contribution >= 4 is 63.9 Å². The number of hydrogen-bond donors (Lipinski definition) is 2. The normalized spacial score (nSPS) is 18.9. The maximum atomic E-state index is 13.4. The maximum absolute atomic E-state index is 13.4. The predicted octanol–water partition coefficient (Wildman–Crippen LogP) is 5.38. The van der Waals surface area contributed by atoms with Crippen LogP contribution >= 0.6 is 18.7 Å². The van der Waals surface area contributed by atoms with Crippen molar-refractivity contribution in [2.45, 2.75) is 13.3 Å². The number of nitrogens with zero attached hydrogens (tertiary/aromatic N) is 6. The van der Waals surface area contributed by atoms with E-state index in [4.69, 9.17) is 16.3 Å². The monoisotopic (exact) mass is 606 g/mol. The standard InChI is InChI=1S/C30H36ClN8O2P/c1-6-18-11-24(26(41-3)12-25(18)39-16-19-14-38(2)15-20(19)17-39)36-30-34-13-21(31)29(37-30)35-23-8-7-22-27(33-10-9-32-22)28(23)42(4,5)40/h7-13,19-20H,6,14-17H2,1-5H3,(H2,34,35,36,37)/t19-,20+. The molecule has 6 rings (SSSR count). The Kier molecular flexibility index (Phi) is 7.72. The van der Waals surface area contributed by atoms with Gasteiger partial charge in [0, 0.05) is 50.3 Å². The third kappa shape index (κ3) is 5.51. The molecule has 10 nitrogen and oxygen atoms in total. The lowest BCUT2D eigenvalue weighted by Gasteiger charge is -2.25. The Balaban J connectivity index is 1.30. The van der Waals surface area contributed by atoms with E-state index in [1.807, 2.05) is 12.1 Å². The van der Waals surface area contributed by atoms with Gasteiger partial charge >= 0.3 is 0 Å². The zero-order valence-corrected chi connectivity index (χ0v) is 26.2. The van der Waals surface area contributed by atoms with E-state index < -0.39 is 7.14 Å². The third-order valence-electron chi connectivity index (χ3n) is 8.19. The summed E-state index contributed by atoms with van der Waals surface area (Å²) in [5.41, 5.74) is 5.11. The van der Waals surface area contributed by atoms with Crippen molar-refractivity contribution in [3.63, 3.8) is 0 Å². The molecule has 0 spiro atoms. The van der Waals surface area contributed by atoms with E-state index in [1.54, 1.807) is 39.0 Å². The van der Waals surface area contributed by atoms with E-state index in [2.05, 4.69) is 66.5 Å². The number of benzene rings is 2. The molecule has 0 bridgehead atoms. The zero-order valence-electron chi connectivity index (χ0n) is 24.6. The van der Waals surface area contributed by atoms with Crippen LogP contribution in [0, 0.1) is 11.8 Å². The van der Waals surface area contributed by atoms with Crippen LogP contribution in [0.1, 0.15) is 12.5 Å². The summed E-state index contributed by atoms with van der Waals surface area (Å²) in [5.74, 6) is 2.87. The molecule has 2 N–H and O–H groups in total. The first-order valence-corrected chi connectivity index (χ1v) is 17.1. The minimum absolute atomic E-state index is 0.328. The maximum Gasteiger partial charge on any atom is 0.229 e. The van der Waals surface area contributed by atoms with Gasteiger partial charge in [-0.1, -0.05) is 18.5 Å². The van der Waals surface area contributed by atoms with Gasteiger partial charge in [-0.25, -0.2) is 4.98 Å². The van der Waals surface area contributed by atoms with Crippen molar-refractivity contribution < 1.29 is 9.30 Å². The van der Waals surface area contributed by atoms with Crippen LogP contribution in [0.25, 0.3) is 11.0 Å². The Hall–Kier alpha value is -3.46. The van der Waals surface area contributed by atoms with Crippen LogP contribution in [-0.2, 0) is 11.0 Å². The predicted molar refractivity (Wildman–Crippen MR) is 171 cm³/mol. The van der Waals surface area contributed by atoms with Gasteiger partial charge in [0.05, 0.1) is 35.5 Å². The molecule has 2 aromatic carbocycles. The zero-order chi connectivity index (χ0) is 29.6. The SMILES string of the molecule is CCc1cc(Nc2ncc(Cl)c(Nc3ccc4nccnc4c3P(C)(C)=O)n2)c(OC)cc1N1C[C@H]2CN(C)C[C@H]2C1. The summed E-state index contributed by atoms with van der Waals surface area (Å²) in [6.45, 7) is 10.1. The molecule has 0 saturated carbocycles. The van der Waals surface area contributed by atoms with Crippen molar-refractivity contribution in [3.05, 3.63) is 53.4 Å². The summed E-state index contributed by atoms with van der Waals surface area (Å²) >= 11 is 6.54. The Morgan fingerprint density at radius 2 is 1.76 bits per heavy atom. The lowest BCUT2D eigenvalue weighted by molar-refractivity contribution is 0.387. The van der Waals surface area contributed by atoms with Crippen molar-refractivity contribution in [3.8, 4) is 5.75 Å². The smallest absolute Gasteiger partial charge is 0.229 e. The fraction of sp³-hybridized carbons (Fsp3) is 0.400. The first-order chi connectivity index (χ1) is 20.1. The lowest BCUT2D eigenvalue weighted by atomic mass is 10.0. The molecular weight excluding hydrogens is 571 g/mol. The van der Waals surface area contributed by atoms with Gasteiger partial charge in [-0.3, -0.25) is 9.97 Å². The Labute approximate surface area is 251 Å². The number of halogens is 1. The van der Waals surface area contributed by atoms with E-state index in [9.17, 15) is 4.57 Å². The van der Waals surface area contributed by atoms with Gasteiger partial charge in [0.2, 0.25) is 5.95 Å². The van der Waals surface area contributed by atoms with Crippen molar-refractivity contribution in [2.24, 2.45) is 11.8 Å². The van der Waals surface area contributed by atoms with Gasteiger partial charge < -0.3 is 29.7 Å². The number of fused-ring (bicyclic) bond motifs is 2. The molecule has 42 heavy (non-hydrogen) atoms. The number of aryl methyl sites for hydroxylation is 1.